The average molecular weight is 468 g/mol. The molecule has 154 valence electrons. The molecule has 1 unspecified atom stereocenters. The van der Waals surface area contributed by atoms with Gasteiger partial charge < -0.3 is 24.5 Å². The van der Waals surface area contributed by atoms with E-state index in [2.05, 4.69) is 33.1 Å². The normalized spacial score (nSPS) is 15.8. The maximum atomic E-state index is 6.33. The lowest BCUT2D eigenvalue weighted by Gasteiger charge is -2.29. The van der Waals surface area contributed by atoms with Gasteiger partial charge in [-0.1, -0.05) is 6.07 Å². The van der Waals surface area contributed by atoms with Crippen LogP contribution < -0.4 is 19.9 Å². The van der Waals surface area contributed by atoms with E-state index in [9.17, 15) is 0 Å². The SMILES string of the molecule is CN=CC1=C(N)Oc2cc(-n3cccc3)ccc2C1c1cc(Br)c(OC)c(OC)c1. The van der Waals surface area contributed by atoms with Gasteiger partial charge in [0.1, 0.15) is 5.75 Å². The van der Waals surface area contributed by atoms with Crippen LogP contribution in [-0.2, 0) is 0 Å². The summed E-state index contributed by atoms with van der Waals surface area (Å²) in [5.41, 5.74) is 10.1. The number of hydrogen-bond acceptors (Lipinski definition) is 5. The van der Waals surface area contributed by atoms with Crippen LogP contribution in [0.3, 0.4) is 0 Å². The monoisotopic (exact) mass is 467 g/mol. The van der Waals surface area contributed by atoms with Gasteiger partial charge in [-0.05, 0) is 51.8 Å². The minimum Gasteiger partial charge on any atom is -0.493 e. The van der Waals surface area contributed by atoms with Gasteiger partial charge in [-0.15, -0.1) is 0 Å². The van der Waals surface area contributed by atoms with Gasteiger partial charge in [0.05, 0.1) is 18.7 Å². The smallest absolute Gasteiger partial charge is 0.196 e. The fraction of sp³-hybridized carbons (Fsp3) is 0.174. The molecule has 1 aliphatic heterocycles. The summed E-state index contributed by atoms with van der Waals surface area (Å²) >= 11 is 3.60. The number of aromatic nitrogens is 1. The molecule has 2 N–H and O–H groups in total. The summed E-state index contributed by atoms with van der Waals surface area (Å²) in [5.74, 6) is 2.13. The predicted octanol–water partition coefficient (Wildman–Crippen LogP) is 4.65. The van der Waals surface area contributed by atoms with Crippen LogP contribution >= 0.6 is 15.9 Å². The van der Waals surface area contributed by atoms with E-state index in [1.165, 1.54) is 0 Å². The number of ether oxygens (including phenoxy) is 3. The lowest BCUT2D eigenvalue weighted by molar-refractivity contribution is 0.352. The van der Waals surface area contributed by atoms with Crippen molar-refractivity contribution in [3.05, 3.63) is 81.9 Å². The van der Waals surface area contributed by atoms with Gasteiger partial charge in [-0.3, -0.25) is 4.99 Å². The van der Waals surface area contributed by atoms with Crippen molar-refractivity contribution in [3.63, 3.8) is 0 Å². The first-order valence-corrected chi connectivity index (χ1v) is 10.1. The third kappa shape index (κ3) is 3.45. The number of fused-ring (bicyclic) bond motifs is 1. The van der Waals surface area contributed by atoms with Gasteiger partial charge in [-0.25, -0.2) is 0 Å². The zero-order valence-corrected chi connectivity index (χ0v) is 18.5. The molecule has 4 rings (SSSR count). The first-order chi connectivity index (χ1) is 14.6. The number of nitrogens with zero attached hydrogens (tertiary/aromatic N) is 2. The lowest BCUT2D eigenvalue weighted by Crippen LogP contribution is -2.22. The third-order valence-corrected chi connectivity index (χ3v) is 5.67. The first kappa shape index (κ1) is 20.1. The number of hydrogen-bond donors (Lipinski definition) is 1. The molecule has 3 aromatic rings. The summed E-state index contributed by atoms with van der Waals surface area (Å²) in [6.07, 6.45) is 5.72. The molecule has 6 nitrogen and oxygen atoms in total. The summed E-state index contributed by atoms with van der Waals surface area (Å²) in [6.45, 7) is 0. The maximum absolute atomic E-state index is 6.33. The molecule has 0 fully saturated rings. The van der Waals surface area contributed by atoms with Crippen molar-refractivity contribution in [3.8, 4) is 22.9 Å². The fourth-order valence-electron chi connectivity index (χ4n) is 3.75. The van der Waals surface area contributed by atoms with E-state index in [0.717, 1.165) is 26.9 Å². The molecule has 0 bridgehead atoms. The third-order valence-electron chi connectivity index (χ3n) is 5.08. The number of allylic oxidation sites excluding steroid dienone is 1. The molecule has 0 saturated carbocycles. The molecule has 7 heteroatoms. The van der Waals surface area contributed by atoms with Gasteiger partial charge in [-0.2, -0.15) is 0 Å². The van der Waals surface area contributed by atoms with Crippen molar-refractivity contribution in [2.45, 2.75) is 5.92 Å². The lowest BCUT2D eigenvalue weighted by atomic mass is 9.83. The van der Waals surface area contributed by atoms with Crippen LogP contribution in [0, 0.1) is 0 Å². The van der Waals surface area contributed by atoms with Crippen LogP contribution in [0.2, 0.25) is 0 Å². The average Bonchev–Trinajstić information content (AvgIpc) is 3.28. The quantitative estimate of drug-likeness (QED) is 0.554. The van der Waals surface area contributed by atoms with E-state index in [1.54, 1.807) is 27.5 Å². The van der Waals surface area contributed by atoms with Crippen LogP contribution in [0.4, 0.5) is 0 Å². The summed E-state index contributed by atoms with van der Waals surface area (Å²) < 4.78 is 19.8. The minimum absolute atomic E-state index is 0.174. The Bertz CT molecular complexity index is 1140. The number of methoxy groups -OCH3 is 2. The molecular weight excluding hydrogens is 446 g/mol. The zero-order valence-electron chi connectivity index (χ0n) is 16.9. The van der Waals surface area contributed by atoms with Crippen LogP contribution in [0.15, 0.2) is 75.8 Å². The predicted molar refractivity (Wildman–Crippen MR) is 121 cm³/mol. The molecule has 0 spiro atoms. The van der Waals surface area contributed by atoms with E-state index in [0.29, 0.717) is 23.1 Å². The number of aliphatic imine (C=N–C) groups is 1. The number of nitrogens with two attached hydrogens (primary N) is 1. The highest BCUT2D eigenvalue weighted by atomic mass is 79.9. The summed E-state index contributed by atoms with van der Waals surface area (Å²) in [7, 11) is 4.95. The molecule has 0 radical (unpaired) electrons. The standard InChI is InChI=1S/C23H22BrN3O3/c1-26-13-17-21(14-10-18(24)22(29-3)20(11-14)28-2)16-7-6-15(27-8-4-5-9-27)12-19(16)30-23(17)25/h4-13,21H,25H2,1-3H3. The maximum Gasteiger partial charge on any atom is 0.196 e. The highest BCUT2D eigenvalue weighted by Crippen LogP contribution is 2.46. The topological polar surface area (TPSA) is 71.0 Å². The van der Waals surface area contributed by atoms with Crippen molar-refractivity contribution in [2.75, 3.05) is 21.3 Å². The Kier molecular flexibility index (Phi) is 5.55. The van der Waals surface area contributed by atoms with E-state index in [-0.39, 0.29) is 5.92 Å². The molecule has 1 atom stereocenters. The van der Waals surface area contributed by atoms with Crippen molar-refractivity contribution in [2.24, 2.45) is 10.7 Å². The molecule has 2 aromatic carbocycles. The summed E-state index contributed by atoms with van der Waals surface area (Å²) in [5, 5.41) is 0. The second kappa shape index (κ2) is 8.28. The Morgan fingerprint density at radius 2 is 1.90 bits per heavy atom. The Morgan fingerprint density at radius 1 is 1.13 bits per heavy atom. The van der Waals surface area contributed by atoms with Crippen molar-refractivity contribution < 1.29 is 14.2 Å². The van der Waals surface area contributed by atoms with Crippen molar-refractivity contribution in [1.29, 1.82) is 0 Å². The van der Waals surface area contributed by atoms with Crippen molar-refractivity contribution in [1.82, 2.24) is 4.57 Å². The Morgan fingerprint density at radius 3 is 2.57 bits per heavy atom. The van der Waals surface area contributed by atoms with Gasteiger partial charge in [0.15, 0.2) is 17.4 Å². The van der Waals surface area contributed by atoms with Crippen LogP contribution in [0.25, 0.3) is 5.69 Å². The van der Waals surface area contributed by atoms with Crippen LogP contribution in [0.1, 0.15) is 17.0 Å². The second-order valence-electron chi connectivity index (χ2n) is 6.79. The van der Waals surface area contributed by atoms with Crippen LogP contribution in [-0.4, -0.2) is 32.0 Å². The largest absolute Gasteiger partial charge is 0.493 e. The summed E-state index contributed by atoms with van der Waals surface area (Å²) in [6, 6.07) is 14.1. The molecule has 1 aliphatic rings. The van der Waals surface area contributed by atoms with Gasteiger partial charge >= 0.3 is 0 Å². The molecule has 1 aromatic heterocycles. The Labute approximate surface area is 183 Å². The molecule has 0 saturated heterocycles. The highest BCUT2D eigenvalue weighted by Gasteiger charge is 2.31. The molecule has 30 heavy (non-hydrogen) atoms. The second-order valence-corrected chi connectivity index (χ2v) is 7.65. The molecule has 0 amide bonds. The van der Waals surface area contributed by atoms with Gasteiger partial charge in [0.25, 0.3) is 0 Å². The zero-order chi connectivity index (χ0) is 21.3. The first-order valence-electron chi connectivity index (χ1n) is 9.35. The summed E-state index contributed by atoms with van der Waals surface area (Å²) in [4.78, 5) is 4.20. The number of benzene rings is 2. The van der Waals surface area contributed by atoms with E-state index >= 15 is 0 Å². The van der Waals surface area contributed by atoms with E-state index < -0.39 is 0 Å². The molecule has 2 heterocycles. The number of halogens is 1. The Balaban J connectivity index is 1.90. The number of rotatable bonds is 5. The van der Waals surface area contributed by atoms with Crippen LogP contribution in [0.5, 0.6) is 17.2 Å². The van der Waals surface area contributed by atoms with E-state index in [4.69, 9.17) is 19.9 Å². The molecular formula is C23H22BrN3O3. The van der Waals surface area contributed by atoms with E-state index in [1.807, 2.05) is 47.3 Å². The highest BCUT2D eigenvalue weighted by molar-refractivity contribution is 9.10. The van der Waals surface area contributed by atoms with Crippen molar-refractivity contribution >= 4 is 22.1 Å². The Hall–Kier alpha value is -3.19. The molecule has 0 aliphatic carbocycles. The minimum atomic E-state index is -0.174. The van der Waals surface area contributed by atoms with Gasteiger partial charge in [0.2, 0.25) is 0 Å². The fourth-order valence-corrected chi connectivity index (χ4v) is 4.37. The van der Waals surface area contributed by atoms with Gasteiger partial charge in [0, 0.05) is 54.5 Å².